The maximum atomic E-state index is 14.9. The summed E-state index contributed by atoms with van der Waals surface area (Å²) in [4.78, 5) is 24.7. The molecule has 0 aromatic heterocycles. The molecule has 17 heteroatoms. The smallest absolute Gasteiger partial charge is 0.460 e. The number of fused-ring (bicyclic) bond motifs is 1. The normalized spacial score (nSPS) is 16.8. The Morgan fingerprint density at radius 2 is 1.08 bits per heavy atom. The van der Waals surface area contributed by atoms with Crippen LogP contribution in [0.1, 0.15) is 27.8 Å². The minimum Gasteiger partial charge on any atom is -0.468 e. The van der Waals surface area contributed by atoms with E-state index in [9.17, 15) is 66.7 Å². The number of alkyl halides is 13. The van der Waals surface area contributed by atoms with Gasteiger partial charge in [-0.3, -0.25) is 9.59 Å². The van der Waals surface area contributed by atoms with Gasteiger partial charge >= 0.3 is 47.7 Å². The fraction of sp³-hybridized carbons (Fsp3) is 0.619. The van der Waals surface area contributed by atoms with Crippen molar-refractivity contribution in [2.24, 2.45) is 5.41 Å². The molecule has 0 radical (unpaired) electrons. The Morgan fingerprint density at radius 3 is 1.47 bits per heavy atom. The van der Waals surface area contributed by atoms with Gasteiger partial charge < -0.3 is 9.47 Å². The summed E-state index contributed by atoms with van der Waals surface area (Å²) >= 11 is 0. The van der Waals surface area contributed by atoms with E-state index >= 15 is 0 Å². The van der Waals surface area contributed by atoms with E-state index in [-0.39, 0.29) is 11.6 Å². The van der Waals surface area contributed by atoms with Gasteiger partial charge in [-0.1, -0.05) is 0 Å². The Kier molecular flexibility index (Phi) is 7.36. The van der Waals surface area contributed by atoms with Crippen molar-refractivity contribution in [3.63, 3.8) is 0 Å². The average molecular weight is 580 g/mol. The van der Waals surface area contributed by atoms with Crippen LogP contribution in [0.15, 0.2) is 6.07 Å². The minimum absolute atomic E-state index is 0.0861. The molecular formula is C21H17F13O4. The van der Waals surface area contributed by atoms with Crippen molar-refractivity contribution in [2.45, 2.75) is 62.5 Å². The molecule has 0 saturated carbocycles. The predicted molar refractivity (Wildman–Crippen MR) is 99.5 cm³/mol. The molecule has 0 saturated heterocycles. The van der Waals surface area contributed by atoms with Crippen LogP contribution in [-0.2, 0) is 37.8 Å². The number of ether oxygens (including phenoxy) is 2. The fourth-order valence-corrected chi connectivity index (χ4v) is 4.22. The van der Waals surface area contributed by atoms with Gasteiger partial charge in [0.2, 0.25) is 0 Å². The summed E-state index contributed by atoms with van der Waals surface area (Å²) in [5.41, 5.74) is -6.49. The second kappa shape index (κ2) is 8.89. The number of aryl methyl sites for hydroxylation is 1. The van der Waals surface area contributed by atoms with Gasteiger partial charge in [0.15, 0.2) is 5.41 Å². The second-order valence-corrected chi connectivity index (χ2v) is 8.61. The lowest BCUT2D eigenvalue weighted by atomic mass is 9.84. The quantitative estimate of drug-likeness (QED) is 0.228. The first kappa shape index (κ1) is 31.5. The first-order valence-corrected chi connectivity index (χ1v) is 10.1. The van der Waals surface area contributed by atoms with Crippen LogP contribution in [-0.4, -0.2) is 56.0 Å². The average Bonchev–Trinajstić information content (AvgIpc) is 3.22. The SMILES string of the molecule is COC(=O)C1(C(=O)OC)Cc2c(C)cc(C(F)(F)C(F)(F)C(F)(F)C(F)(F)C(F)(F)C(F)(F)F)c(C)c2C1. The van der Waals surface area contributed by atoms with Crippen molar-refractivity contribution in [2.75, 3.05) is 14.2 Å². The van der Waals surface area contributed by atoms with Crippen molar-refractivity contribution >= 4 is 11.9 Å². The highest BCUT2D eigenvalue weighted by molar-refractivity contribution is 6.01. The Hall–Kier alpha value is -2.75. The number of halogens is 13. The third-order valence-corrected chi connectivity index (χ3v) is 6.44. The van der Waals surface area contributed by atoms with Crippen LogP contribution < -0.4 is 0 Å². The molecule has 0 N–H and O–H groups in total. The topological polar surface area (TPSA) is 52.6 Å². The molecule has 38 heavy (non-hydrogen) atoms. The monoisotopic (exact) mass is 580 g/mol. The molecule has 1 aromatic rings. The molecule has 1 aliphatic rings. The number of esters is 2. The fourth-order valence-electron chi connectivity index (χ4n) is 4.22. The summed E-state index contributed by atoms with van der Waals surface area (Å²) in [6.45, 7) is 1.51. The summed E-state index contributed by atoms with van der Waals surface area (Å²) in [6, 6.07) is 0.0861. The first-order valence-electron chi connectivity index (χ1n) is 10.1. The Morgan fingerprint density at radius 1 is 0.684 bits per heavy atom. The number of hydrogen-bond donors (Lipinski definition) is 0. The molecule has 0 spiro atoms. The van der Waals surface area contributed by atoms with Crippen LogP contribution in [0.2, 0.25) is 0 Å². The van der Waals surface area contributed by atoms with Gasteiger partial charge in [0.05, 0.1) is 14.2 Å². The summed E-state index contributed by atoms with van der Waals surface area (Å²) in [5, 5.41) is 0. The maximum absolute atomic E-state index is 14.9. The molecule has 0 unspecified atom stereocenters. The van der Waals surface area contributed by atoms with Crippen LogP contribution >= 0.6 is 0 Å². The van der Waals surface area contributed by atoms with E-state index in [1.54, 1.807) is 0 Å². The zero-order chi connectivity index (χ0) is 30.1. The largest absolute Gasteiger partial charge is 0.468 e. The molecule has 0 fully saturated rings. The predicted octanol–water partition coefficient (Wildman–Crippen LogP) is 5.93. The van der Waals surface area contributed by atoms with E-state index in [0.29, 0.717) is 6.92 Å². The summed E-state index contributed by atoms with van der Waals surface area (Å²) in [5.74, 6) is -40.4. The number of methoxy groups -OCH3 is 2. The van der Waals surface area contributed by atoms with Crippen LogP contribution in [0, 0.1) is 19.3 Å². The second-order valence-electron chi connectivity index (χ2n) is 8.61. The lowest BCUT2D eigenvalue weighted by Crippen LogP contribution is -2.69. The Bertz CT molecular complexity index is 1120. The van der Waals surface area contributed by atoms with Gasteiger partial charge in [0.25, 0.3) is 0 Å². The van der Waals surface area contributed by atoms with Crippen molar-refractivity contribution in [3.8, 4) is 0 Å². The van der Waals surface area contributed by atoms with Crippen LogP contribution in [0.5, 0.6) is 0 Å². The number of carbonyl (C=O) groups is 2. The van der Waals surface area contributed by atoms with Crippen molar-refractivity contribution in [1.29, 1.82) is 0 Å². The van der Waals surface area contributed by atoms with Crippen molar-refractivity contribution in [3.05, 3.63) is 33.9 Å². The molecule has 2 rings (SSSR count). The molecule has 0 atom stereocenters. The molecule has 1 aromatic carbocycles. The zero-order valence-electron chi connectivity index (χ0n) is 19.5. The number of hydrogen-bond acceptors (Lipinski definition) is 4. The highest BCUT2D eigenvalue weighted by Crippen LogP contribution is 2.62. The van der Waals surface area contributed by atoms with Gasteiger partial charge in [0.1, 0.15) is 0 Å². The third kappa shape index (κ3) is 3.89. The molecule has 0 aliphatic heterocycles. The van der Waals surface area contributed by atoms with E-state index in [1.165, 1.54) is 0 Å². The molecule has 0 heterocycles. The lowest BCUT2D eigenvalue weighted by Gasteiger charge is -2.40. The minimum atomic E-state index is -8.03. The van der Waals surface area contributed by atoms with Gasteiger partial charge in [0, 0.05) is 18.4 Å². The Labute approximate surface area is 205 Å². The highest BCUT2D eigenvalue weighted by atomic mass is 19.4. The van der Waals surface area contributed by atoms with Crippen molar-refractivity contribution in [1.82, 2.24) is 0 Å². The summed E-state index contributed by atoms with van der Waals surface area (Å²) in [7, 11) is 1.66. The zero-order valence-corrected chi connectivity index (χ0v) is 19.5. The molecular weight excluding hydrogens is 563 g/mol. The molecule has 1 aliphatic carbocycles. The van der Waals surface area contributed by atoms with E-state index in [2.05, 4.69) is 9.47 Å². The molecule has 216 valence electrons. The van der Waals surface area contributed by atoms with E-state index in [4.69, 9.17) is 0 Å². The summed E-state index contributed by atoms with van der Waals surface area (Å²) in [6.07, 6.45) is -9.00. The standard InChI is InChI=1S/C21H17F13O4/c1-8-5-12(9(2)11-7-15(6-10(8)11,13(35)37-3)14(36)38-4)16(22,23)17(24,25)18(26,27)19(28,29)20(30,31)21(32,33)34/h5H,6-7H2,1-4H3. The number of carbonyl (C=O) groups excluding carboxylic acids is 2. The van der Waals surface area contributed by atoms with Crippen LogP contribution in [0.4, 0.5) is 57.1 Å². The molecule has 0 bridgehead atoms. The van der Waals surface area contributed by atoms with E-state index in [0.717, 1.165) is 21.1 Å². The number of rotatable bonds is 7. The van der Waals surface area contributed by atoms with Gasteiger partial charge in [-0.05, 0) is 42.2 Å². The van der Waals surface area contributed by atoms with Gasteiger partial charge in [-0.15, -0.1) is 0 Å². The van der Waals surface area contributed by atoms with Crippen molar-refractivity contribution < 1.29 is 76.1 Å². The van der Waals surface area contributed by atoms with Crippen LogP contribution in [0.25, 0.3) is 0 Å². The third-order valence-electron chi connectivity index (χ3n) is 6.44. The van der Waals surface area contributed by atoms with Gasteiger partial charge in [-0.2, -0.15) is 57.1 Å². The number of benzene rings is 1. The van der Waals surface area contributed by atoms with E-state index in [1.807, 2.05) is 0 Å². The van der Waals surface area contributed by atoms with Gasteiger partial charge in [-0.25, -0.2) is 0 Å². The first-order chi connectivity index (χ1) is 16.8. The van der Waals surface area contributed by atoms with Crippen LogP contribution in [0.3, 0.4) is 0 Å². The highest BCUT2D eigenvalue weighted by Gasteiger charge is 2.91. The Balaban J connectivity index is 2.76. The maximum Gasteiger partial charge on any atom is 0.460 e. The molecule has 4 nitrogen and oxygen atoms in total. The molecule has 0 amide bonds. The lowest BCUT2D eigenvalue weighted by molar-refractivity contribution is -0.441. The van der Waals surface area contributed by atoms with E-state index < -0.39 is 88.2 Å². The summed E-state index contributed by atoms with van der Waals surface area (Å²) < 4.78 is 186.